The molecule has 0 unspecified atom stereocenters. The molecule has 2 rings (SSSR count). The molecule has 0 spiro atoms. The highest BCUT2D eigenvalue weighted by Gasteiger charge is 2.36. The predicted octanol–water partition coefficient (Wildman–Crippen LogP) is 0.475. The molecule has 1 aliphatic rings. The summed E-state index contributed by atoms with van der Waals surface area (Å²) in [5.41, 5.74) is -0.125. The van der Waals surface area contributed by atoms with E-state index in [4.69, 9.17) is 15.0 Å². The molecule has 1 fully saturated rings. The first-order valence-electron chi connectivity index (χ1n) is 7.13. The predicted molar refractivity (Wildman–Crippen MR) is 83.5 cm³/mol. The molecule has 0 aromatic carbocycles. The number of nitrogens with one attached hydrogen (secondary N) is 1. The molecule has 0 radical (unpaired) electrons. The maximum Gasteiger partial charge on any atom is 0.478 e. The lowest BCUT2D eigenvalue weighted by molar-refractivity contribution is -0.137. The van der Waals surface area contributed by atoms with Crippen LogP contribution in [0.15, 0.2) is 22.7 Å². The molecule has 0 saturated carbocycles. The van der Waals surface area contributed by atoms with E-state index >= 15 is 0 Å². The van der Waals surface area contributed by atoms with E-state index in [0.29, 0.717) is 24.1 Å². The van der Waals surface area contributed by atoms with E-state index in [1.54, 1.807) is 17.5 Å². The van der Waals surface area contributed by atoms with Crippen LogP contribution in [0.3, 0.4) is 0 Å². The van der Waals surface area contributed by atoms with Crippen molar-refractivity contribution < 1.29 is 29.6 Å². The lowest BCUT2D eigenvalue weighted by Gasteiger charge is -2.31. The molecule has 8 nitrogen and oxygen atoms in total. The fraction of sp³-hybridized carbons (Fsp3) is 0.462. The highest BCUT2D eigenvalue weighted by Crippen LogP contribution is 2.20. The van der Waals surface area contributed by atoms with Crippen molar-refractivity contribution in [2.45, 2.75) is 37.7 Å². The van der Waals surface area contributed by atoms with Gasteiger partial charge in [0, 0.05) is 12.5 Å². The van der Waals surface area contributed by atoms with Crippen LogP contribution in [0.25, 0.3) is 0 Å². The first kappa shape index (κ1) is 17.4. The Morgan fingerprint density at radius 1 is 1.48 bits per heavy atom. The van der Waals surface area contributed by atoms with E-state index in [1.807, 2.05) is 0 Å². The van der Waals surface area contributed by atoms with Crippen LogP contribution in [-0.2, 0) is 14.2 Å². The maximum atomic E-state index is 12.1. The van der Waals surface area contributed by atoms with Crippen LogP contribution in [0.4, 0.5) is 0 Å². The number of hydrogen-bond acceptors (Lipinski definition) is 7. The van der Waals surface area contributed by atoms with Crippen molar-refractivity contribution in [3.8, 4) is 0 Å². The van der Waals surface area contributed by atoms with Crippen LogP contribution >= 0.6 is 11.3 Å². The molecule has 2 heterocycles. The molecular formula is C13H17BN2O6S. The molecule has 0 aliphatic carbocycles. The molecule has 1 amide bonds. The van der Waals surface area contributed by atoms with E-state index in [9.17, 15) is 14.6 Å². The average molecular weight is 340 g/mol. The number of oxime groups is 1. The zero-order valence-electron chi connectivity index (χ0n) is 12.2. The van der Waals surface area contributed by atoms with Gasteiger partial charge in [-0.25, -0.2) is 0 Å². The number of amides is 1. The van der Waals surface area contributed by atoms with Crippen LogP contribution in [0.1, 0.15) is 30.6 Å². The van der Waals surface area contributed by atoms with Crippen molar-refractivity contribution >= 4 is 36.0 Å². The number of carboxylic acids is 1. The molecule has 124 valence electrons. The Bertz CT molecular complexity index is 579. The van der Waals surface area contributed by atoms with Gasteiger partial charge in [0.25, 0.3) is 5.91 Å². The molecule has 2 atom stereocenters. The van der Waals surface area contributed by atoms with Crippen molar-refractivity contribution in [3.05, 3.63) is 22.4 Å². The largest absolute Gasteiger partial charge is 0.481 e. The van der Waals surface area contributed by atoms with E-state index in [0.717, 1.165) is 0 Å². The molecule has 1 aliphatic heterocycles. The normalized spacial score (nSPS) is 22.0. The second-order valence-electron chi connectivity index (χ2n) is 5.16. The minimum Gasteiger partial charge on any atom is -0.481 e. The number of aliphatic carboxylic acids is 1. The topological polar surface area (TPSA) is 128 Å². The summed E-state index contributed by atoms with van der Waals surface area (Å²) in [6.45, 7) is 0. The summed E-state index contributed by atoms with van der Waals surface area (Å²) < 4.78 is 5.33. The van der Waals surface area contributed by atoms with Gasteiger partial charge in [-0.1, -0.05) is 11.2 Å². The second kappa shape index (κ2) is 8.09. The van der Waals surface area contributed by atoms with Gasteiger partial charge in [0.1, 0.15) is 0 Å². The number of carboxylic acid groups (broad SMARTS) is 1. The summed E-state index contributed by atoms with van der Waals surface area (Å²) in [7, 11) is -1.23. The SMILES string of the molecule is O=C(O)CC[C@@H]1CC[C@H](NC(=O)/C(=N/O)c2cccs2)B(O)O1. The van der Waals surface area contributed by atoms with Crippen LogP contribution in [0, 0.1) is 0 Å². The van der Waals surface area contributed by atoms with Gasteiger partial charge in [-0.05, 0) is 30.7 Å². The van der Waals surface area contributed by atoms with Crippen LogP contribution in [0.2, 0.25) is 0 Å². The van der Waals surface area contributed by atoms with Crippen LogP contribution < -0.4 is 5.32 Å². The Morgan fingerprint density at radius 2 is 2.26 bits per heavy atom. The van der Waals surface area contributed by atoms with E-state index in [-0.39, 0.29) is 18.2 Å². The second-order valence-corrected chi connectivity index (χ2v) is 6.11. The summed E-state index contributed by atoms with van der Waals surface area (Å²) in [5, 5.41) is 35.0. The Hall–Kier alpha value is -1.91. The van der Waals surface area contributed by atoms with Crippen molar-refractivity contribution in [2.75, 3.05) is 0 Å². The summed E-state index contributed by atoms with van der Waals surface area (Å²) in [5.74, 6) is -2.16. The molecule has 10 heteroatoms. The third kappa shape index (κ3) is 4.78. The Labute approximate surface area is 136 Å². The van der Waals surface area contributed by atoms with Gasteiger partial charge in [-0.3, -0.25) is 9.59 Å². The number of hydrogen-bond donors (Lipinski definition) is 4. The molecule has 1 aromatic heterocycles. The molecule has 0 bridgehead atoms. The quantitative estimate of drug-likeness (QED) is 0.258. The third-order valence-corrected chi connectivity index (χ3v) is 4.42. The molecule has 1 saturated heterocycles. The Morgan fingerprint density at radius 3 is 2.83 bits per heavy atom. The minimum absolute atomic E-state index is 0.0336. The zero-order chi connectivity index (χ0) is 16.8. The van der Waals surface area contributed by atoms with Gasteiger partial charge >= 0.3 is 13.1 Å². The summed E-state index contributed by atoms with van der Waals surface area (Å²) >= 11 is 1.26. The number of thiophene rings is 1. The number of rotatable bonds is 6. The summed E-state index contributed by atoms with van der Waals surface area (Å²) in [6.07, 6.45) is 0.900. The van der Waals surface area contributed by atoms with Gasteiger partial charge in [0.15, 0.2) is 5.71 Å². The molecule has 4 N–H and O–H groups in total. The summed E-state index contributed by atoms with van der Waals surface area (Å²) in [4.78, 5) is 23.2. The fourth-order valence-electron chi connectivity index (χ4n) is 2.37. The van der Waals surface area contributed by atoms with E-state index in [1.165, 1.54) is 11.3 Å². The van der Waals surface area contributed by atoms with E-state index in [2.05, 4.69) is 10.5 Å². The first-order chi connectivity index (χ1) is 11.0. The van der Waals surface area contributed by atoms with Crippen molar-refractivity contribution in [1.29, 1.82) is 0 Å². The van der Waals surface area contributed by atoms with Gasteiger partial charge in [0.05, 0.1) is 10.8 Å². The standard InChI is InChI=1S/C13H17BN2O6S/c17-11(18)6-4-8-3-5-10(14(20)22-8)15-13(19)12(16-21)9-2-1-7-23-9/h1-2,7-8,10,20-21H,3-6H2,(H,15,19)(H,17,18)/b16-12+/t8-,10-/m0/s1. The van der Waals surface area contributed by atoms with Gasteiger partial charge in [-0.2, -0.15) is 0 Å². The highest BCUT2D eigenvalue weighted by atomic mass is 32.1. The number of nitrogens with zero attached hydrogens (tertiary/aromatic N) is 1. The van der Waals surface area contributed by atoms with Gasteiger partial charge in [0.2, 0.25) is 0 Å². The monoisotopic (exact) mass is 340 g/mol. The smallest absolute Gasteiger partial charge is 0.478 e. The average Bonchev–Trinajstić information content (AvgIpc) is 3.02. The van der Waals surface area contributed by atoms with Crippen molar-refractivity contribution in [2.24, 2.45) is 5.16 Å². The third-order valence-electron chi connectivity index (χ3n) is 3.54. The van der Waals surface area contributed by atoms with Gasteiger partial charge < -0.3 is 25.3 Å². The number of carbonyl (C=O) groups excluding carboxylic acids is 1. The first-order valence-corrected chi connectivity index (χ1v) is 8.01. The fourth-order valence-corrected chi connectivity index (χ4v) is 3.07. The van der Waals surface area contributed by atoms with Crippen LogP contribution in [0.5, 0.6) is 0 Å². The van der Waals surface area contributed by atoms with E-state index < -0.39 is 24.9 Å². The van der Waals surface area contributed by atoms with Gasteiger partial charge in [-0.15, -0.1) is 11.3 Å². The van der Waals surface area contributed by atoms with Crippen molar-refractivity contribution in [3.63, 3.8) is 0 Å². The Kier molecular flexibility index (Phi) is 6.14. The lowest BCUT2D eigenvalue weighted by atomic mass is 9.72. The highest BCUT2D eigenvalue weighted by molar-refractivity contribution is 7.13. The molecule has 23 heavy (non-hydrogen) atoms. The summed E-state index contributed by atoms with van der Waals surface area (Å²) in [6, 6.07) is 3.37. The maximum absolute atomic E-state index is 12.1. The Balaban J connectivity index is 1.89. The molecular weight excluding hydrogens is 323 g/mol. The number of carbonyl (C=O) groups is 2. The minimum atomic E-state index is -1.23. The molecule has 1 aromatic rings. The zero-order valence-corrected chi connectivity index (χ0v) is 13.0. The van der Waals surface area contributed by atoms with Crippen LogP contribution in [-0.4, -0.2) is 52.1 Å². The van der Waals surface area contributed by atoms with Crippen molar-refractivity contribution in [1.82, 2.24) is 5.32 Å². The lowest BCUT2D eigenvalue weighted by Crippen LogP contribution is -2.54.